The third kappa shape index (κ3) is 8.13. The Labute approximate surface area is 202 Å². The normalized spacial score (nSPS) is 12.3. The maximum atomic E-state index is 13.3. The number of aryl methyl sites for hydroxylation is 1. The molecule has 0 aliphatic heterocycles. The summed E-state index contributed by atoms with van der Waals surface area (Å²) in [6.45, 7) is 7.47. The van der Waals surface area contributed by atoms with E-state index in [1.165, 1.54) is 21.3 Å². The number of carbonyl (C=O) groups excluding carboxylic acids is 2. The Morgan fingerprint density at radius 2 is 1.71 bits per heavy atom. The third-order valence-corrected chi connectivity index (χ3v) is 6.50. The SMILES string of the molecule is Cc1cccc(N(CCCC(=O)N(Cc2ccc(F)cc2)[C@@H](C)C(=O)NC(C)C)S(C)(=O)=O)c1. The molecule has 9 heteroatoms. The lowest BCUT2D eigenvalue weighted by Crippen LogP contribution is -2.49. The molecule has 186 valence electrons. The van der Waals surface area contributed by atoms with E-state index in [0.717, 1.165) is 11.8 Å². The molecule has 0 spiro atoms. The highest BCUT2D eigenvalue weighted by Crippen LogP contribution is 2.20. The molecule has 1 N–H and O–H groups in total. The first-order valence-electron chi connectivity index (χ1n) is 11.3. The second-order valence-corrected chi connectivity index (χ2v) is 10.7. The molecule has 7 nitrogen and oxygen atoms in total. The number of amides is 2. The second-order valence-electron chi connectivity index (χ2n) is 8.77. The van der Waals surface area contributed by atoms with Crippen LogP contribution in [0.15, 0.2) is 48.5 Å². The highest BCUT2D eigenvalue weighted by atomic mass is 32.2. The van der Waals surface area contributed by atoms with Crippen molar-refractivity contribution < 1.29 is 22.4 Å². The van der Waals surface area contributed by atoms with Crippen LogP contribution in [0.25, 0.3) is 0 Å². The van der Waals surface area contributed by atoms with Gasteiger partial charge in [-0.25, -0.2) is 12.8 Å². The Morgan fingerprint density at radius 1 is 1.06 bits per heavy atom. The van der Waals surface area contributed by atoms with Gasteiger partial charge >= 0.3 is 0 Å². The van der Waals surface area contributed by atoms with Crippen molar-refractivity contribution >= 4 is 27.5 Å². The van der Waals surface area contributed by atoms with E-state index in [4.69, 9.17) is 0 Å². The van der Waals surface area contributed by atoms with Crippen molar-refractivity contribution in [1.29, 1.82) is 0 Å². The van der Waals surface area contributed by atoms with Crippen LogP contribution in [0.5, 0.6) is 0 Å². The average molecular weight is 492 g/mol. The number of nitrogens with zero attached hydrogens (tertiary/aromatic N) is 2. The zero-order valence-electron chi connectivity index (χ0n) is 20.4. The van der Waals surface area contributed by atoms with Gasteiger partial charge in [-0.1, -0.05) is 24.3 Å². The van der Waals surface area contributed by atoms with Crippen LogP contribution >= 0.6 is 0 Å². The minimum absolute atomic E-state index is 0.0539. The zero-order valence-corrected chi connectivity index (χ0v) is 21.2. The predicted octanol–water partition coefficient (Wildman–Crippen LogP) is 3.62. The van der Waals surface area contributed by atoms with Crippen LogP contribution in [-0.4, -0.2) is 50.0 Å². The van der Waals surface area contributed by atoms with Gasteiger partial charge in [-0.2, -0.15) is 0 Å². The van der Waals surface area contributed by atoms with E-state index in [2.05, 4.69) is 5.32 Å². The van der Waals surface area contributed by atoms with Crippen molar-refractivity contribution in [3.8, 4) is 0 Å². The van der Waals surface area contributed by atoms with Gasteiger partial charge in [0.05, 0.1) is 11.9 Å². The fourth-order valence-electron chi connectivity index (χ4n) is 3.56. The summed E-state index contributed by atoms with van der Waals surface area (Å²) in [6, 6.07) is 12.1. The summed E-state index contributed by atoms with van der Waals surface area (Å²) in [5.41, 5.74) is 2.16. The van der Waals surface area contributed by atoms with Crippen molar-refractivity contribution in [2.75, 3.05) is 17.1 Å². The molecule has 2 rings (SSSR count). The van der Waals surface area contributed by atoms with Gasteiger partial charge in [-0.05, 0) is 69.5 Å². The van der Waals surface area contributed by atoms with Gasteiger partial charge in [0.15, 0.2) is 0 Å². The topological polar surface area (TPSA) is 86.8 Å². The van der Waals surface area contributed by atoms with E-state index in [1.807, 2.05) is 26.8 Å². The minimum atomic E-state index is -3.54. The number of sulfonamides is 1. The van der Waals surface area contributed by atoms with Crippen molar-refractivity contribution in [2.24, 2.45) is 0 Å². The minimum Gasteiger partial charge on any atom is -0.352 e. The number of anilines is 1. The lowest BCUT2D eigenvalue weighted by atomic mass is 10.1. The molecule has 0 saturated heterocycles. The van der Waals surface area contributed by atoms with Crippen LogP contribution in [-0.2, 0) is 26.2 Å². The summed E-state index contributed by atoms with van der Waals surface area (Å²) in [5.74, 6) is -0.958. The summed E-state index contributed by atoms with van der Waals surface area (Å²) in [5, 5.41) is 2.81. The highest BCUT2D eigenvalue weighted by Gasteiger charge is 2.27. The van der Waals surface area contributed by atoms with Gasteiger partial charge in [-0.15, -0.1) is 0 Å². The molecule has 0 bridgehead atoms. The monoisotopic (exact) mass is 491 g/mol. The number of hydrogen-bond acceptors (Lipinski definition) is 4. The van der Waals surface area contributed by atoms with Crippen molar-refractivity contribution in [1.82, 2.24) is 10.2 Å². The van der Waals surface area contributed by atoms with Crippen LogP contribution in [0.1, 0.15) is 44.7 Å². The maximum absolute atomic E-state index is 13.3. The van der Waals surface area contributed by atoms with Crippen LogP contribution < -0.4 is 9.62 Å². The molecule has 0 aromatic heterocycles. The number of carbonyl (C=O) groups is 2. The van der Waals surface area contributed by atoms with Gasteiger partial charge in [0.2, 0.25) is 21.8 Å². The quantitative estimate of drug-likeness (QED) is 0.520. The highest BCUT2D eigenvalue weighted by molar-refractivity contribution is 7.92. The fraction of sp³-hybridized carbons (Fsp3) is 0.440. The number of nitrogens with one attached hydrogen (secondary N) is 1. The van der Waals surface area contributed by atoms with E-state index in [9.17, 15) is 22.4 Å². The smallest absolute Gasteiger partial charge is 0.242 e. The Morgan fingerprint density at radius 3 is 2.26 bits per heavy atom. The number of hydrogen-bond donors (Lipinski definition) is 1. The van der Waals surface area contributed by atoms with E-state index in [1.54, 1.807) is 37.3 Å². The number of halogens is 1. The van der Waals surface area contributed by atoms with Crippen molar-refractivity contribution in [3.05, 3.63) is 65.5 Å². The van der Waals surface area contributed by atoms with Crippen LogP contribution in [0.3, 0.4) is 0 Å². The first kappa shape index (κ1) is 27.3. The predicted molar refractivity (Wildman–Crippen MR) is 132 cm³/mol. The standard InChI is InChI=1S/C25H34FN3O4S/c1-18(2)27-25(31)20(4)28(17-21-11-13-22(26)14-12-21)24(30)10-7-15-29(34(5,32)33)23-9-6-8-19(3)16-23/h6,8-9,11-14,16,18,20H,7,10,15,17H2,1-5H3,(H,27,31)/t20-/m0/s1. The van der Waals surface area contributed by atoms with Crippen LogP contribution in [0.4, 0.5) is 10.1 Å². The van der Waals surface area contributed by atoms with E-state index < -0.39 is 16.1 Å². The Bertz CT molecular complexity index is 1090. The first-order valence-corrected chi connectivity index (χ1v) is 13.1. The van der Waals surface area contributed by atoms with Gasteiger partial charge in [-0.3, -0.25) is 13.9 Å². The fourth-order valence-corrected chi connectivity index (χ4v) is 4.52. The van der Waals surface area contributed by atoms with Crippen molar-refractivity contribution in [3.63, 3.8) is 0 Å². The van der Waals surface area contributed by atoms with Gasteiger partial charge in [0, 0.05) is 25.6 Å². The molecule has 0 unspecified atom stereocenters. The molecule has 0 heterocycles. The van der Waals surface area contributed by atoms with E-state index in [0.29, 0.717) is 11.3 Å². The molecule has 34 heavy (non-hydrogen) atoms. The zero-order chi connectivity index (χ0) is 25.5. The summed E-state index contributed by atoms with van der Waals surface area (Å²) < 4.78 is 39.3. The summed E-state index contributed by atoms with van der Waals surface area (Å²) >= 11 is 0. The second kappa shape index (κ2) is 12.0. The lowest BCUT2D eigenvalue weighted by Gasteiger charge is -2.30. The van der Waals surface area contributed by atoms with Gasteiger partial charge in [0.1, 0.15) is 11.9 Å². The third-order valence-electron chi connectivity index (χ3n) is 5.31. The molecule has 0 fully saturated rings. The first-order chi connectivity index (χ1) is 15.9. The van der Waals surface area contributed by atoms with Gasteiger partial charge < -0.3 is 10.2 Å². The summed E-state index contributed by atoms with van der Waals surface area (Å²) in [7, 11) is -3.54. The van der Waals surface area contributed by atoms with Crippen LogP contribution in [0.2, 0.25) is 0 Å². The molecule has 2 aromatic rings. The maximum Gasteiger partial charge on any atom is 0.242 e. The Hall–Kier alpha value is -2.94. The van der Waals surface area contributed by atoms with Crippen LogP contribution in [0, 0.1) is 12.7 Å². The average Bonchev–Trinajstić information content (AvgIpc) is 2.74. The largest absolute Gasteiger partial charge is 0.352 e. The lowest BCUT2D eigenvalue weighted by molar-refractivity contribution is -0.140. The van der Waals surface area contributed by atoms with Gasteiger partial charge in [0.25, 0.3) is 0 Å². The molecular weight excluding hydrogens is 457 g/mol. The molecule has 0 aliphatic rings. The molecule has 1 atom stereocenters. The molecule has 2 aromatic carbocycles. The number of benzene rings is 2. The Kier molecular flexibility index (Phi) is 9.61. The van der Waals surface area contributed by atoms with E-state index in [-0.39, 0.29) is 49.6 Å². The molecule has 0 saturated carbocycles. The van der Waals surface area contributed by atoms with Crippen molar-refractivity contribution in [2.45, 2.75) is 59.2 Å². The Balaban J connectivity index is 2.16. The molecular formula is C25H34FN3O4S. The van der Waals surface area contributed by atoms with E-state index >= 15 is 0 Å². The summed E-state index contributed by atoms with van der Waals surface area (Å²) in [4.78, 5) is 27.2. The molecule has 0 aliphatic carbocycles. The molecule has 2 amide bonds. The summed E-state index contributed by atoms with van der Waals surface area (Å²) in [6.07, 6.45) is 1.47. The number of rotatable bonds is 11. The molecule has 0 radical (unpaired) electrons.